The van der Waals surface area contributed by atoms with Crippen LogP contribution in [0.2, 0.25) is 5.02 Å². The highest BCUT2D eigenvalue weighted by Crippen LogP contribution is 2.55. The normalized spacial score (nSPS) is 29.1. The number of anilines is 1. The van der Waals surface area contributed by atoms with Crippen molar-refractivity contribution in [3.63, 3.8) is 0 Å². The van der Waals surface area contributed by atoms with Crippen LogP contribution < -0.4 is 10.6 Å². The van der Waals surface area contributed by atoms with Crippen molar-refractivity contribution in [2.45, 2.75) is 32.0 Å². The minimum absolute atomic E-state index is 0.00503. The Labute approximate surface area is 183 Å². The quantitative estimate of drug-likeness (QED) is 0.717. The maximum absolute atomic E-state index is 13.6. The van der Waals surface area contributed by atoms with Crippen molar-refractivity contribution in [3.05, 3.63) is 64.4 Å². The van der Waals surface area contributed by atoms with Crippen molar-refractivity contribution in [2.24, 2.45) is 17.8 Å². The third-order valence-electron chi connectivity index (χ3n) is 6.70. The van der Waals surface area contributed by atoms with Crippen LogP contribution in [0.15, 0.2) is 42.5 Å². The fourth-order valence-electron chi connectivity index (χ4n) is 5.29. The van der Waals surface area contributed by atoms with Gasteiger partial charge >= 0.3 is 0 Å². The summed E-state index contributed by atoms with van der Waals surface area (Å²) in [7, 11) is 0. The van der Waals surface area contributed by atoms with E-state index in [1.807, 2.05) is 13.8 Å². The minimum Gasteiger partial charge on any atom is -0.323 e. The Bertz CT molecular complexity index is 1120. The maximum Gasteiger partial charge on any atom is 0.250 e. The number of carbonyl (C=O) groups excluding carboxylic acids is 3. The Morgan fingerprint density at radius 2 is 1.81 bits per heavy atom. The van der Waals surface area contributed by atoms with Gasteiger partial charge in [0.05, 0.1) is 29.1 Å². The molecule has 31 heavy (non-hydrogen) atoms. The molecule has 0 aromatic heterocycles. The predicted molar refractivity (Wildman–Crippen MR) is 112 cm³/mol. The van der Waals surface area contributed by atoms with Gasteiger partial charge in [-0.25, -0.2) is 4.39 Å². The van der Waals surface area contributed by atoms with E-state index in [2.05, 4.69) is 10.6 Å². The molecule has 2 aromatic carbocycles. The molecule has 2 saturated heterocycles. The van der Waals surface area contributed by atoms with E-state index >= 15 is 0 Å². The standard InChI is InChI=1S/C23H21ClFN3O3/c1-11(2)18-16-17(21(30)28(20(16)29)10-12-6-8-13(25)9-7-12)23(27-18)14-4-3-5-15(24)19(14)26-22(23)31/h3-9,11,16-18,27H,10H2,1-2H3,(H,26,31). The molecule has 160 valence electrons. The number of hydrogen-bond acceptors (Lipinski definition) is 4. The van der Waals surface area contributed by atoms with Gasteiger partial charge in [0.15, 0.2) is 0 Å². The zero-order chi connectivity index (χ0) is 22.1. The molecule has 3 aliphatic rings. The van der Waals surface area contributed by atoms with Gasteiger partial charge in [0, 0.05) is 11.6 Å². The molecule has 0 saturated carbocycles. The first kappa shape index (κ1) is 20.2. The Morgan fingerprint density at radius 3 is 2.48 bits per heavy atom. The first-order valence-electron chi connectivity index (χ1n) is 10.2. The van der Waals surface area contributed by atoms with Gasteiger partial charge in [0.2, 0.25) is 17.7 Å². The zero-order valence-corrected chi connectivity index (χ0v) is 17.7. The van der Waals surface area contributed by atoms with Crippen molar-refractivity contribution in [2.75, 3.05) is 5.32 Å². The van der Waals surface area contributed by atoms with Crippen LogP contribution in [0.5, 0.6) is 0 Å². The molecule has 3 heterocycles. The van der Waals surface area contributed by atoms with Gasteiger partial charge in [0.1, 0.15) is 11.4 Å². The summed E-state index contributed by atoms with van der Waals surface area (Å²) in [6.45, 7) is 3.95. The molecule has 0 bridgehead atoms. The van der Waals surface area contributed by atoms with Crippen LogP contribution >= 0.6 is 11.6 Å². The lowest BCUT2D eigenvalue weighted by Gasteiger charge is -2.30. The second-order valence-electron chi connectivity index (χ2n) is 8.73. The molecule has 4 atom stereocenters. The molecule has 5 rings (SSSR count). The number of hydrogen-bond donors (Lipinski definition) is 2. The lowest BCUT2D eigenvalue weighted by Crippen LogP contribution is -2.53. The number of benzene rings is 2. The Balaban J connectivity index is 1.61. The molecule has 2 N–H and O–H groups in total. The van der Waals surface area contributed by atoms with E-state index in [1.165, 1.54) is 17.0 Å². The van der Waals surface area contributed by atoms with Gasteiger partial charge in [-0.3, -0.25) is 24.6 Å². The van der Waals surface area contributed by atoms with Gasteiger partial charge in [-0.2, -0.15) is 0 Å². The number of carbonyl (C=O) groups is 3. The van der Waals surface area contributed by atoms with Gasteiger partial charge in [-0.15, -0.1) is 0 Å². The second-order valence-corrected chi connectivity index (χ2v) is 9.14. The summed E-state index contributed by atoms with van der Waals surface area (Å²) in [5.74, 6) is -3.04. The topological polar surface area (TPSA) is 78.5 Å². The third-order valence-corrected chi connectivity index (χ3v) is 7.01. The molecule has 8 heteroatoms. The number of likely N-dealkylation sites (tertiary alicyclic amines) is 1. The van der Waals surface area contributed by atoms with Crippen LogP contribution in [-0.4, -0.2) is 28.7 Å². The van der Waals surface area contributed by atoms with Crippen LogP contribution in [0.25, 0.3) is 0 Å². The van der Waals surface area contributed by atoms with Crippen LogP contribution in [0.3, 0.4) is 0 Å². The number of nitrogens with one attached hydrogen (secondary N) is 2. The van der Waals surface area contributed by atoms with E-state index in [4.69, 9.17) is 11.6 Å². The second kappa shape index (κ2) is 6.87. The average Bonchev–Trinajstić information content (AvgIpc) is 3.32. The van der Waals surface area contributed by atoms with E-state index < -0.39 is 23.3 Å². The van der Waals surface area contributed by atoms with E-state index in [9.17, 15) is 18.8 Å². The predicted octanol–water partition coefficient (Wildman–Crippen LogP) is 3.06. The molecule has 3 aliphatic heterocycles. The number of fused-ring (bicyclic) bond motifs is 4. The number of imide groups is 1. The van der Waals surface area contributed by atoms with Gasteiger partial charge in [-0.05, 0) is 29.7 Å². The maximum atomic E-state index is 13.6. The monoisotopic (exact) mass is 441 g/mol. The third kappa shape index (κ3) is 2.69. The fraction of sp³-hybridized carbons (Fsp3) is 0.348. The molecule has 0 radical (unpaired) electrons. The van der Waals surface area contributed by atoms with Gasteiger partial charge < -0.3 is 5.32 Å². The minimum atomic E-state index is -1.36. The lowest BCUT2D eigenvalue weighted by molar-refractivity contribution is -0.143. The van der Waals surface area contributed by atoms with Crippen LogP contribution in [0, 0.1) is 23.6 Å². The number of amides is 3. The van der Waals surface area contributed by atoms with E-state index in [1.54, 1.807) is 30.3 Å². The highest BCUT2D eigenvalue weighted by Gasteiger charge is 2.70. The molecule has 1 spiro atoms. The Kier molecular flexibility index (Phi) is 4.46. The highest BCUT2D eigenvalue weighted by molar-refractivity contribution is 6.35. The van der Waals surface area contributed by atoms with E-state index in [-0.39, 0.29) is 36.1 Å². The summed E-state index contributed by atoms with van der Waals surface area (Å²) in [5, 5.41) is 6.57. The number of para-hydroxylation sites is 1. The molecule has 2 fully saturated rings. The summed E-state index contributed by atoms with van der Waals surface area (Å²) in [6, 6.07) is 10.5. The lowest BCUT2D eigenvalue weighted by atomic mass is 9.76. The highest BCUT2D eigenvalue weighted by atomic mass is 35.5. The summed E-state index contributed by atoms with van der Waals surface area (Å²) < 4.78 is 13.3. The largest absolute Gasteiger partial charge is 0.323 e. The Hall–Kier alpha value is -2.77. The molecule has 3 amide bonds. The fourth-order valence-corrected chi connectivity index (χ4v) is 5.51. The molecular formula is C23H21ClFN3O3. The SMILES string of the molecule is CC(C)C1NC2(C(=O)Nc3c(Cl)cccc32)C2C(=O)N(Cc3ccc(F)cc3)C(=O)C12. The molecular weight excluding hydrogens is 421 g/mol. The summed E-state index contributed by atoms with van der Waals surface area (Å²) in [5.41, 5.74) is 0.352. The number of rotatable bonds is 3. The van der Waals surface area contributed by atoms with Crippen molar-refractivity contribution in [1.82, 2.24) is 10.2 Å². The zero-order valence-electron chi connectivity index (χ0n) is 17.0. The number of halogens is 2. The van der Waals surface area contributed by atoms with Gasteiger partial charge in [0.25, 0.3) is 0 Å². The Morgan fingerprint density at radius 1 is 1.10 bits per heavy atom. The van der Waals surface area contributed by atoms with Crippen LogP contribution in [0.4, 0.5) is 10.1 Å². The van der Waals surface area contributed by atoms with E-state index in [0.29, 0.717) is 21.8 Å². The van der Waals surface area contributed by atoms with Crippen LogP contribution in [0.1, 0.15) is 25.0 Å². The number of nitrogens with zero attached hydrogens (tertiary/aromatic N) is 1. The molecule has 6 nitrogen and oxygen atoms in total. The van der Waals surface area contributed by atoms with Crippen molar-refractivity contribution in [3.8, 4) is 0 Å². The van der Waals surface area contributed by atoms with Crippen molar-refractivity contribution >= 4 is 35.0 Å². The summed E-state index contributed by atoms with van der Waals surface area (Å²) in [4.78, 5) is 41.6. The van der Waals surface area contributed by atoms with Crippen molar-refractivity contribution < 1.29 is 18.8 Å². The first-order valence-corrected chi connectivity index (χ1v) is 10.6. The van der Waals surface area contributed by atoms with Crippen LogP contribution in [-0.2, 0) is 26.5 Å². The molecule has 4 unspecified atom stereocenters. The molecule has 2 aromatic rings. The molecule has 0 aliphatic carbocycles. The van der Waals surface area contributed by atoms with E-state index in [0.717, 1.165) is 0 Å². The first-order chi connectivity index (χ1) is 14.8. The van der Waals surface area contributed by atoms with Crippen molar-refractivity contribution in [1.29, 1.82) is 0 Å². The average molecular weight is 442 g/mol. The smallest absolute Gasteiger partial charge is 0.250 e. The summed E-state index contributed by atoms with van der Waals surface area (Å²) in [6.07, 6.45) is 0. The van der Waals surface area contributed by atoms with Gasteiger partial charge in [-0.1, -0.05) is 49.7 Å². The summed E-state index contributed by atoms with van der Waals surface area (Å²) >= 11 is 6.32.